The third-order valence-corrected chi connectivity index (χ3v) is 4.65. The van der Waals surface area contributed by atoms with Crippen molar-refractivity contribution in [2.24, 2.45) is 11.8 Å². The molecule has 0 aliphatic carbocycles. The first-order chi connectivity index (χ1) is 12.0. The maximum atomic E-state index is 12.9. The van der Waals surface area contributed by atoms with Gasteiger partial charge in [-0.3, -0.25) is 4.79 Å². The molecule has 5 heteroatoms. The van der Waals surface area contributed by atoms with Crippen molar-refractivity contribution in [3.63, 3.8) is 0 Å². The highest BCUT2D eigenvalue weighted by Gasteiger charge is 2.21. The van der Waals surface area contributed by atoms with Gasteiger partial charge in [0.05, 0.1) is 0 Å². The van der Waals surface area contributed by atoms with Crippen LogP contribution < -0.4 is 10.1 Å². The van der Waals surface area contributed by atoms with Gasteiger partial charge < -0.3 is 15.0 Å². The zero-order valence-corrected chi connectivity index (χ0v) is 15.6. The van der Waals surface area contributed by atoms with Crippen LogP contribution in [0.15, 0.2) is 24.3 Å². The molecular weight excluding hydrogens is 319 g/mol. The molecule has 2 rings (SSSR count). The Morgan fingerprint density at radius 3 is 2.52 bits per heavy atom. The highest BCUT2D eigenvalue weighted by molar-refractivity contribution is 5.81. The SMILES string of the molecule is CC[C@H](Oc1ccc(F)cc1)C(=O)NCCCN1C[C@H](C)C[C@@H](C)C1. The molecule has 25 heavy (non-hydrogen) atoms. The van der Waals surface area contributed by atoms with Crippen LogP contribution >= 0.6 is 0 Å². The van der Waals surface area contributed by atoms with Gasteiger partial charge in [0.25, 0.3) is 5.91 Å². The fraction of sp³-hybridized carbons (Fsp3) is 0.650. The van der Waals surface area contributed by atoms with Gasteiger partial charge in [0.15, 0.2) is 6.10 Å². The van der Waals surface area contributed by atoms with E-state index in [0.717, 1.165) is 37.9 Å². The summed E-state index contributed by atoms with van der Waals surface area (Å²) in [7, 11) is 0. The summed E-state index contributed by atoms with van der Waals surface area (Å²) in [5, 5.41) is 2.96. The Hall–Kier alpha value is -1.62. The molecular formula is C20H31FN2O2. The molecule has 1 aromatic carbocycles. The number of nitrogens with zero attached hydrogens (tertiary/aromatic N) is 1. The fourth-order valence-electron chi connectivity index (χ4n) is 3.60. The Bertz CT molecular complexity index is 525. The quantitative estimate of drug-likeness (QED) is 0.730. The first-order valence-electron chi connectivity index (χ1n) is 9.40. The second-order valence-corrected chi connectivity index (χ2v) is 7.32. The average Bonchev–Trinajstić information content (AvgIpc) is 2.57. The predicted molar refractivity (Wildman–Crippen MR) is 98.1 cm³/mol. The maximum Gasteiger partial charge on any atom is 0.261 e. The second kappa shape index (κ2) is 9.76. The zero-order valence-electron chi connectivity index (χ0n) is 15.6. The van der Waals surface area contributed by atoms with E-state index in [1.807, 2.05) is 6.92 Å². The molecule has 140 valence electrons. The number of likely N-dealkylation sites (tertiary alicyclic amines) is 1. The van der Waals surface area contributed by atoms with Crippen molar-refractivity contribution >= 4 is 5.91 Å². The van der Waals surface area contributed by atoms with Gasteiger partial charge >= 0.3 is 0 Å². The van der Waals surface area contributed by atoms with E-state index in [9.17, 15) is 9.18 Å². The van der Waals surface area contributed by atoms with Crippen LogP contribution in [0.25, 0.3) is 0 Å². The molecule has 3 atom stereocenters. The molecule has 0 unspecified atom stereocenters. The van der Waals surface area contributed by atoms with Gasteiger partial charge in [0, 0.05) is 19.6 Å². The first-order valence-corrected chi connectivity index (χ1v) is 9.40. The highest BCUT2D eigenvalue weighted by Crippen LogP contribution is 2.20. The van der Waals surface area contributed by atoms with Crippen molar-refractivity contribution in [3.8, 4) is 5.75 Å². The molecule has 1 amide bonds. The number of carbonyl (C=O) groups excluding carboxylic acids is 1. The van der Waals surface area contributed by atoms with Gasteiger partial charge in [-0.15, -0.1) is 0 Å². The molecule has 0 saturated carbocycles. The van der Waals surface area contributed by atoms with Gasteiger partial charge in [-0.05, 0) is 61.9 Å². The summed E-state index contributed by atoms with van der Waals surface area (Å²) in [6, 6.07) is 5.76. The molecule has 4 nitrogen and oxygen atoms in total. The number of piperidine rings is 1. The molecule has 0 aromatic heterocycles. The third-order valence-electron chi connectivity index (χ3n) is 4.65. The number of carbonyl (C=O) groups is 1. The van der Waals surface area contributed by atoms with Gasteiger partial charge in [-0.1, -0.05) is 20.8 Å². The number of nitrogens with one attached hydrogen (secondary N) is 1. The van der Waals surface area contributed by atoms with Crippen LogP contribution in [-0.2, 0) is 4.79 Å². The summed E-state index contributed by atoms with van der Waals surface area (Å²) in [5.74, 6) is 1.61. The Balaban J connectivity index is 1.70. The number of amides is 1. The lowest BCUT2D eigenvalue weighted by molar-refractivity contribution is -0.128. The zero-order chi connectivity index (χ0) is 18.2. The van der Waals surface area contributed by atoms with Crippen molar-refractivity contribution in [1.82, 2.24) is 10.2 Å². The summed E-state index contributed by atoms with van der Waals surface area (Å²) in [6.07, 6.45) is 2.29. The predicted octanol–water partition coefficient (Wildman–Crippen LogP) is 3.47. The molecule has 0 spiro atoms. The molecule has 0 bridgehead atoms. The van der Waals surface area contributed by atoms with Gasteiger partial charge in [-0.2, -0.15) is 0 Å². The van der Waals surface area contributed by atoms with Crippen molar-refractivity contribution in [2.45, 2.75) is 46.1 Å². The minimum Gasteiger partial charge on any atom is -0.481 e. The molecule has 1 aromatic rings. The van der Waals surface area contributed by atoms with Crippen LogP contribution in [0.5, 0.6) is 5.75 Å². The van der Waals surface area contributed by atoms with Crippen LogP contribution in [0.3, 0.4) is 0 Å². The van der Waals surface area contributed by atoms with E-state index in [1.54, 1.807) is 12.1 Å². The highest BCUT2D eigenvalue weighted by atomic mass is 19.1. The third kappa shape index (κ3) is 6.65. The number of benzene rings is 1. The molecule has 1 heterocycles. The molecule has 1 aliphatic rings. The first kappa shape index (κ1) is 19.7. The largest absolute Gasteiger partial charge is 0.481 e. The normalized spacial score (nSPS) is 22.4. The number of ether oxygens (including phenoxy) is 1. The summed E-state index contributed by atoms with van der Waals surface area (Å²) >= 11 is 0. The van der Waals surface area contributed by atoms with E-state index in [2.05, 4.69) is 24.1 Å². The lowest BCUT2D eigenvalue weighted by Crippen LogP contribution is -2.41. The van der Waals surface area contributed by atoms with Crippen LogP contribution in [0.4, 0.5) is 4.39 Å². The van der Waals surface area contributed by atoms with Crippen LogP contribution in [0.2, 0.25) is 0 Å². The molecule has 0 radical (unpaired) electrons. The smallest absolute Gasteiger partial charge is 0.261 e. The van der Waals surface area contributed by atoms with E-state index >= 15 is 0 Å². The van der Waals surface area contributed by atoms with E-state index in [4.69, 9.17) is 4.74 Å². The second-order valence-electron chi connectivity index (χ2n) is 7.32. The molecule has 1 fully saturated rings. The number of hydrogen-bond donors (Lipinski definition) is 1. The van der Waals surface area contributed by atoms with Crippen molar-refractivity contribution in [1.29, 1.82) is 0 Å². The van der Waals surface area contributed by atoms with Crippen LogP contribution in [-0.4, -0.2) is 43.1 Å². The summed E-state index contributed by atoms with van der Waals surface area (Å²) in [4.78, 5) is 14.8. The van der Waals surface area contributed by atoms with E-state index < -0.39 is 6.10 Å². The minimum atomic E-state index is -0.541. The Morgan fingerprint density at radius 1 is 1.28 bits per heavy atom. The topological polar surface area (TPSA) is 41.6 Å². The summed E-state index contributed by atoms with van der Waals surface area (Å²) in [6.45, 7) is 10.5. The van der Waals surface area contributed by atoms with Crippen molar-refractivity contribution < 1.29 is 13.9 Å². The lowest BCUT2D eigenvalue weighted by Gasteiger charge is -2.35. The standard InChI is InChI=1S/C20H31FN2O2/c1-4-19(25-18-8-6-17(21)7-9-18)20(24)22-10-5-11-23-13-15(2)12-16(3)14-23/h6-9,15-16,19H,4-5,10-14H2,1-3H3,(H,22,24)/t15-,16-,19+/m1/s1. The summed E-state index contributed by atoms with van der Waals surface area (Å²) in [5.41, 5.74) is 0. The number of halogens is 1. The number of hydrogen-bond acceptors (Lipinski definition) is 3. The van der Waals surface area contributed by atoms with E-state index in [0.29, 0.717) is 18.7 Å². The van der Waals surface area contributed by atoms with Crippen LogP contribution in [0.1, 0.15) is 40.0 Å². The number of rotatable bonds is 8. The fourth-order valence-corrected chi connectivity index (χ4v) is 3.60. The minimum absolute atomic E-state index is 0.104. The molecule has 1 aliphatic heterocycles. The maximum absolute atomic E-state index is 12.9. The Labute approximate surface area is 150 Å². The monoisotopic (exact) mass is 350 g/mol. The van der Waals surface area contributed by atoms with Gasteiger partial charge in [0.1, 0.15) is 11.6 Å². The molecule has 1 saturated heterocycles. The average molecular weight is 350 g/mol. The van der Waals surface area contributed by atoms with Crippen molar-refractivity contribution in [2.75, 3.05) is 26.2 Å². The summed E-state index contributed by atoms with van der Waals surface area (Å²) < 4.78 is 18.6. The lowest BCUT2D eigenvalue weighted by atomic mass is 9.92. The Kier molecular flexibility index (Phi) is 7.69. The molecule has 1 N–H and O–H groups in total. The van der Waals surface area contributed by atoms with Gasteiger partial charge in [0.2, 0.25) is 0 Å². The van der Waals surface area contributed by atoms with Gasteiger partial charge in [-0.25, -0.2) is 4.39 Å². The van der Waals surface area contributed by atoms with E-state index in [-0.39, 0.29) is 11.7 Å². The van der Waals surface area contributed by atoms with Crippen molar-refractivity contribution in [3.05, 3.63) is 30.1 Å². The Morgan fingerprint density at radius 2 is 1.92 bits per heavy atom. The van der Waals surface area contributed by atoms with E-state index in [1.165, 1.54) is 18.6 Å². The van der Waals surface area contributed by atoms with Crippen LogP contribution in [0, 0.1) is 17.7 Å².